The van der Waals surface area contributed by atoms with Crippen LogP contribution in [0.4, 0.5) is 0 Å². The number of nitrogens with zero attached hydrogens (tertiary/aromatic N) is 1. The van der Waals surface area contributed by atoms with Crippen molar-refractivity contribution in [1.82, 2.24) is 5.43 Å². The summed E-state index contributed by atoms with van der Waals surface area (Å²) in [6.45, 7) is -0.143. The molecule has 1 heterocycles. The van der Waals surface area contributed by atoms with E-state index in [1.165, 1.54) is 12.5 Å². The molecule has 0 unspecified atom stereocenters. The first-order chi connectivity index (χ1) is 9.24. The van der Waals surface area contributed by atoms with Gasteiger partial charge in [0.05, 0.1) is 12.5 Å². The van der Waals surface area contributed by atoms with E-state index in [0.29, 0.717) is 16.5 Å². The smallest absolute Gasteiger partial charge is 0.277 e. The summed E-state index contributed by atoms with van der Waals surface area (Å²) in [7, 11) is 0. The molecule has 0 radical (unpaired) electrons. The summed E-state index contributed by atoms with van der Waals surface area (Å²) in [4.78, 5) is 11.4. The zero-order chi connectivity index (χ0) is 13.5. The summed E-state index contributed by atoms with van der Waals surface area (Å²) in [6, 6.07) is 10.3. The van der Waals surface area contributed by atoms with Crippen LogP contribution in [0.2, 0.25) is 5.02 Å². The molecule has 19 heavy (non-hydrogen) atoms. The number of hydrazone groups is 1. The van der Waals surface area contributed by atoms with E-state index < -0.39 is 0 Å². The molecule has 0 bridgehead atoms. The van der Waals surface area contributed by atoms with E-state index >= 15 is 0 Å². The van der Waals surface area contributed by atoms with Gasteiger partial charge in [0.2, 0.25) is 0 Å². The average Bonchev–Trinajstić information content (AvgIpc) is 2.90. The number of nitrogens with one attached hydrogen (secondary N) is 1. The zero-order valence-corrected chi connectivity index (χ0v) is 10.6. The fraction of sp³-hybridized carbons (Fsp3) is 0.0769. The van der Waals surface area contributed by atoms with Crippen molar-refractivity contribution in [3.05, 3.63) is 53.4 Å². The van der Waals surface area contributed by atoms with Crippen molar-refractivity contribution in [3.8, 4) is 5.75 Å². The summed E-state index contributed by atoms with van der Waals surface area (Å²) >= 11 is 5.79. The molecular formula is C13H11ClN2O3. The second kappa shape index (κ2) is 6.61. The van der Waals surface area contributed by atoms with Crippen molar-refractivity contribution in [3.63, 3.8) is 0 Å². The highest BCUT2D eigenvalue weighted by atomic mass is 35.5. The Balaban J connectivity index is 1.76. The number of carbonyl (C=O) groups is 1. The number of carbonyl (C=O) groups excluding carboxylic acids is 1. The van der Waals surface area contributed by atoms with E-state index in [0.717, 1.165) is 0 Å². The van der Waals surface area contributed by atoms with E-state index in [2.05, 4.69) is 10.5 Å². The number of furan rings is 1. The number of hydrogen-bond donors (Lipinski definition) is 1. The third-order valence-electron chi connectivity index (χ3n) is 2.09. The quantitative estimate of drug-likeness (QED) is 0.675. The highest BCUT2D eigenvalue weighted by Gasteiger charge is 2.01. The minimum Gasteiger partial charge on any atom is -0.484 e. The fourth-order valence-corrected chi connectivity index (χ4v) is 1.45. The summed E-state index contributed by atoms with van der Waals surface area (Å²) < 4.78 is 10.3. The summed E-state index contributed by atoms with van der Waals surface area (Å²) in [5, 5.41) is 4.27. The third-order valence-corrected chi connectivity index (χ3v) is 2.33. The molecule has 1 aromatic heterocycles. The van der Waals surface area contributed by atoms with E-state index in [9.17, 15) is 4.79 Å². The van der Waals surface area contributed by atoms with Gasteiger partial charge in [0.25, 0.3) is 5.91 Å². The van der Waals surface area contributed by atoms with Gasteiger partial charge < -0.3 is 9.15 Å². The Hall–Kier alpha value is -2.27. The lowest BCUT2D eigenvalue weighted by Crippen LogP contribution is -2.24. The fourth-order valence-electron chi connectivity index (χ4n) is 1.27. The second-order valence-corrected chi connectivity index (χ2v) is 3.99. The van der Waals surface area contributed by atoms with Crippen LogP contribution in [0.25, 0.3) is 0 Å². The monoisotopic (exact) mass is 278 g/mol. The standard InChI is InChI=1S/C13H11ClN2O3/c14-10-3-1-4-11(7-10)19-9-13(17)16-15-8-12-5-2-6-18-12/h1-8H,9H2,(H,16,17)/b15-8+. The molecule has 2 aromatic rings. The third kappa shape index (κ3) is 4.48. The van der Waals surface area contributed by atoms with Gasteiger partial charge in [0.15, 0.2) is 6.61 Å². The van der Waals surface area contributed by atoms with Gasteiger partial charge in [0, 0.05) is 5.02 Å². The van der Waals surface area contributed by atoms with Crippen LogP contribution in [-0.4, -0.2) is 18.7 Å². The van der Waals surface area contributed by atoms with Gasteiger partial charge in [-0.05, 0) is 30.3 Å². The van der Waals surface area contributed by atoms with Gasteiger partial charge in [-0.15, -0.1) is 0 Å². The Kier molecular flexibility index (Phi) is 4.58. The average molecular weight is 279 g/mol. The minimum atomic E-state index is -0.372. The van der Waals surface area contributed by atoms with Crippen molar-refractivity contribution in [1.29, 1.82) is 0 Å². The highest BCUT2D eigenvalue weighted by Crippen LogP contribution is 2.16. The Bertz CT molecular complexity index is 567. The largest absolute Gasteiger partial charge is 0.484 e. The maximum absolute atomic E-state index is 11.4. The van der Waals surface area contributed by atoms with Gasteiger partial charge in [-0.2, -0.15) is 5.10 Å². The highest BCUT2D eigenvalue weighted by molar-refractivity contribution is 6.30. The van der Waals surface area contributed by atoms with Crippen LogP contribution in [-0.2, 0) is 4.79 Å². The Morgan fingerprint density at radius 3 is 3.05 bits per heavy atom. The Morgan fingerprint density at radius 2 is 2.32 bits per heavy atom. The van der Waals surface area contributed by atoms with Crippen LogP contribution < -0.4 is 10.2 Å². The molecule has 2 rings (SSSR count). The molecule has 0 aliphatic rings. The lowest BCUT2D eigenvalue weighted by atomic mass is 10.3. The first kappa shape index (κ1) is 13.2. The van der Waals surface area contributed by atoms with Crippen LogP contribution in [0, 0.1) is 0 Å². The van der Waals surface area contributed by atoms with Gasteiger partial charge in [-0.1, -0.05) is 17.7 Å². The van der Waals surface area contributed by atoms with Crippen molar-refractivity contribution in [2.24, 2.45) is 5.10 Å². The van der Waals surface area contributed by atoms with Crippen LogP contribution in [0.1, 0.15) is 5.76 Å². The van der Waals surface area contributed by atoms with Gasteiger partial charge in [-0.25, -0.2) is 5.43 Å². The number of benzene rings is 1. The van der Waals surface area contributed by atoms with E-state index in [-0.39, 0.29) is 12.5 Å². The van der Waals surface area contributed by atoms with E-state index in [1.807, 2.05) is 0 Å². The van der Waals surface area contributed by atoms with Crippen LogP contribution in [0.5, 0.6) is 5.75 Å². The number of amides is 1. The molecule has 6 heteroatoms. The van der Waals surface area contributed by atoms with Gasteiger partial charge in [-0.3, -0.25) is 4.79 Å². The molecule has 0 saturated heterocycles. The zero-order valence-electron chi connectivity index (χ0n) is 9.88. The first-order valence-corrected chi connectivity index (χ1v) is 5.85. The predicted octanol–water partition coefficient (Wildman–Crippen LogP) is 2.46. The molecule has 0 saturated carbocycles. The predicted molar refractivity (Wildman–Crippen MR) is 71.4 cm³/mol. The van der Waals surface area contributed by atoms with Crippen molar-refractivity contribution >= 4 is 23.7 Å². The number of ether oxygens (including phenoxy) is 1. The van der Waals surface area contributed by atoms with E-state index in [4.69, 9.17) is 20.8 Å². The number of halogens is 1. The second-order valence-electron chi connectivity index (χ2n) is 3.55. The molecule has 5 nitrogen and oxygen atoms in total. The lowest BCUT2D eigenvalue weighted by Gasteiger charge is -2.04. The molecule has 0 atom stereocenters. The van der Waals surface area contributed by atoms with Crippen LogP contribution in [0.3, 0.4) is 0 Å². The summed E-state index contributed by atoms with van der Waals surface area (Å²) in [5.74, 6) is 0.705. The molecule has 0 aliphatic carbocycles. The first-order valence-electron chi connectivity index (χ1n) is 5.48. The van der Waals surface area contributed by atoms with Crippen LogP contribution in [0.15, 0.2) is 52.2 Å². The number of rotatable bonds is 5. The molecule has 1 aromatic carbocycles. The SMILES string of the molecule is O=C(COc1cccc(Cl)c1)N/N=C/c1ccco1. The molecular weight excluding hydrogens is 268 g/mol. The van der Waals surface area contributed by atoms with E-state index in [1.54, 1.807) is 36.4 Å². The Labute approximate surface area is 114 Å². The lowest BCUT2D eigenvalue weighted by molar-refractivity contribution is -0.123. The maximum Gasteiger partial charge on any atom is 0.277 e. The maximum atomic E-state index is 11.4. The number of hydrogen-bond acceptors (Lipinski definition) is 4. The Morgan fingerprint density at radius 1 is 1.42 bits per heavy atom. The normalized spacial score (nSPS) is 10.6. The summed E-state index contributed by atoms with van der Waals surface area (Å²) in [6.07, 6.45) is 2.92. The molecule has 98 valence electrons. The molecule has 0 spiro atoms. The van der Waals surface area contributed by atoms with Gasteiger partial charge >= 0.3 is 0 Å². The molecule has 1 N–H and O–H groups in total. The molecule has 0 aliphatic heterocycles. The van der Waals surface area contributed by atoms with Crippen molar-refractivity contribution < 1.29 is 13.9 Å². The molecule has 1 amide bonds. The van der Waals surface area contributed by atoms with Crippen molar-refractivity contribution in [2.45, 2.75) is 0 Å². The van der Waals surface area contributed by atoms with Gasteiger partial charge in [0.1, 0.15) is 11.5 Å². The minimum absolute atomic E-state index is 0.143. The molecule has 0 fully saturated rings. The summed E-state index contributed by atoms with van der Waals surface area (Å²) in [5.41, 5.74) is 2.32. The van der Waals surface area contributed by atoms with Crippen LogP contribution >= 0.6 is 11.6 Å². The topological polar surface area (TPSA) is 63.8 Å². The van der Waals surface area contributed by atoms with Crippen molar-refractivity contribution in [2.75, 3.05) is 6.61 Å².